The monoisotopic (exact) mass is 410 g/mol. The highest BCUT2D eigenvalue weighted by molar-refractivity contribution is 5.92. The zero-order valence-corrected chi connectivity index (χ0v) is 15.6. The lowest BCUT2D eigenvalue weighted by atomic mass is 10.1. The average molecular weight is 410 g/mol. The Labute approximate surface area is 170 Å². The minimum atomic E-state index is -4.39. The third-order valence-corrected chi connectivity index (χ3v) is 4.39. The topological polar surface area (TPSA) is 88.8 Å². The molecule has 0 fully saturated rings. The van der Waals surface area contributed by atoms with Crippen molar-refractivity contribution in [3.05, 3.63) is 78.0 Å². The minimum absolute atomic E-state index is 0.0202. The molecule has 4 N–H and O–H groups in total. The van der Waals surface area contributed by atoms with Gasteiger partial charge in [-0.1, -0.05) is 36.4 Å². The number of nitrogens with zero attached hydrogens (tertiary/aromatic N) is 3. The summed E-state index contributed by atoms with van der Waals surface area (Å²) in [6.45, 7) is 0.145. The maximum absolute atomic E-state index is 12.9. The summed E-state index contributed by atoms with van der Waals surface area (Å²) in [7, 11) is 0. The van der Waals surface area contributed by atoms with Gasteiger partial charge in [0.25, 0.3) is 0 Å². The molecule has 0 aliphatic rings. The molecular weight excluding hydrogens is 393 g/mol. The number of rotatable bonds is 5. The Morgan fingerprint density at radius 2 is 1.70 bits per heavy atom. The lowest BCUT2D eigenvalue weighted by molar-refractivity contribution is -0.137. The van der Waals surface area contributed by atoms with Crippen molar-refractivity contribution in [2.24, 2.45) is 0 Å². The predicted molar refractivity (Wildman–Crippen MR) is 110 cm³/mol. The number of alkyl halides is 3. The Bertz CT molecular complexity index is 1190. The van der Waals surface area contributed by atoms with Gasteiger partial charge in [-0.15, -0.1) is 0 Å². The molecule has 2 aromatic carbocycles. The van der Waals surface area contributed by atoms with E-state index in [2.05, 4.69) is 25.6 Å². The van der Waals surface area contributed by atoms with Gasteiger partial charge in [0.15, 0.2) is 0 Å². The standard InChI is InChI=1S/C21H17F3N6/c22-21(23,24)15-6-3-4-13(10-15)12-27-17-11-18(30-20(25)29-17)28-19-16-7-2-1-5-14(16)8-9-26-19/h1-11H,12H2,(H4,25,26,27,28,29,30). The van der Waals surface area contributed by atoms with Gasteiger partial charge in [0.1, 0.15) is 17.5 Å². The largest absolute Gasteiger partial charge is 0.416 e. The van der Waals surface area contributed by atoms with Crippen LogP contribution in [0.2, 0.25) is 0 Å². The van der Waals surface area contributed by atoms with Crippen LogP contribution in [0, 0.1) is 0 Å². The Morgan fingerprint density at radius 3 is 2.53 bits per heavy atom. The van der Waals surface area contributed by atoms with Crippen molar-refractivity contribution >= 4 is 34.2 Å². The fourth-order valence-corrected chi connectivity index (χ4v) is 3.01. The van der Waals surface area contributed by atoms with Gasteiger partial charge in [-0.25, -0.2) is 4.98 Å². The fourth-order valence-electron chi connectivity index (χ4n) is 3.01. The van der Waals surface area contributed by atoms with Crippen LogP contribution in [0.3, 0.4) is 0 Å². The number of hydrogen-bond acceptors (Lipinski definition) is 6. The molecule has 0 bridgehead atoms. The predicted octanol–water partition coefficient (Wildman–Crippen LogP) is 4.98. The summed E-state index contributed by atoms with van der Waals surface area (Å²) in [4.78, 5) is 12.6. The van der Waals surface area contributed by atoms with Crippen LogP contribution in [0.25, 0.3) is 10.8 Å². The molecule has 0 unspecified atom stereocenters. The number of pyridine rings is 1. The molecule has 0 saturated heterocycles. The summed E-state index contributed by atoms with van der Waals surface area (Å²) in [5.41, 5.74) is 5.57. The first-order valence-corrected chi connectivity index (χ1v) is 9.04. The van der Waals surface area contributed by atoms with Gasteiger partial charge >= 0.3 is 6.18 Å². The van der Waals surface area contributed by atoms with Crippen LogP contribution in [0.4, 0.5) is 36.6 Å². The third kappa shape index (κ3) is 4.40. The minimum Gasteiger partial charge on any atom is -0.368 e. The molecule has 0 spiro atoms. The SMILES string of the molecule is Nc1nc(NCc2cccc(C(F)(F)F)c2)cc(Nc2nccc3ccccc23)n1. The molecular formula is C21H17F3N6. The number of hydrogen-bond donors (Lipinski definition) is 3. The van der Waals surface area contributed by atoms with Crippen molar-refractivity contribution in [1.82, 2.24) is 15.0 Å². The van der Waals surface area contributed by atoms with E-state index in [0.29, 0.717) is 23.0 Å². The summed E-state index contributed by atoms with van der Waals surface area (Å²) >= 11 is 0. The highest BCUT2D eigenvalue weighted by atomic mass is 19.4. The van der Waals surface area contributed by atoms with Crippen LogP contribution in [-0.4, -0.2) is 15.0 Å². The third-order valence-electron chi connectivity index (χ3n) is 4.39. The summed E-state index contributed by atoms with van der Waals surface area (Å²) in [5.74, 6) is 1.42. The van der Waals surface area contributed by atoms with E-state index in [9.17, 15) is 13.2 Å². The smallest absolute Gasteiger partial charge is 0.368 e. The average Bonchev–Trinajstić information content (AvgIpc) is 2.72. The Hall–Kier alpha value is -3.88. The van der Waals surface area contributed by atoms with Crippen LogP contribution >= 0.6 is 0 Å². The van der Waals surface area contributed by atoms with Gasteiger partial charge in [-0.3, -0.25) is 0 Å². The van der Waals surface area contributed by atoms with E-state index in [0.717, 1.165) is 22.9 Å². The van der Waals surface area contributed by atoms with Gasteiger partial charge in [0, 0.05) is 24.2 Å². The number of benzene rings is 2. The van der Waals surface area contributed by atoms with E-state index >= 15 is 0 Å². The van der Waals surface area contributed by atoms with Gasteiger partial charge in [-0.2, -0.15) is 23.1 Å². The van der Waals surface area contributed by atoms with Crippen LogP contribution < -0.4 is 16.4 Å². The molecule has 2 heterocycles. The van der Waals surface area contributed by atoms with Crippen LogP contribution in [-0.2, 0) is 12.7 Å². The van der Waals surface area contributed by atoms with Crippen molar-refractivity contribution in [2.45, 2.75) is 12.7 Å². The highest BCUT2D eigenvalue weighted by Crippen LogP contribution is 2.30. The van der Waals surface area contributed by atoms with Gasteiger partial charge < -0.3 is 16.4 Å². The number of halogens is 3. The molecule has 0 aliphatic carbocycles. The number of aromatic nitrogens is 3. The van der Waals surface area contributed by atoms with Crippen LogP contribution in [0.15, 0.2) is 66.9 Å². The van der Waals surface area contributed by atoms with Gasteiger partial charge in [0.05, 0.1) is 5.56 Å². The number of fused-ring (bicyclic) bond motifs is 1. The second-order valence-corrected chi connectivity index (χ2v) is 6.55. The van der Waals surface area contributed by atoms with Crippen LogP contribution in [0.1, 0.15) is 11.1 Å². The molecule has 0 aliphatic heterocycles. The van der Waals surface area contributed by atoms with Crippen molar-refractivity contribution in [3.8, 4) is 0 Å². The van der Waals surface area contributed by atoms with Crippen molar-refractivity contribution in [1.29, 1.82) is 0 Å². The molecule has 6 nitrogen and oxygen atoms in total. The van der Waals surface area contributed by atoms with Gasteiger partial charge in [0.2, 0.25) is 5.95 Å². The maximum atomic E-state index is 12.9. The number of nitrogens with two attached hydrogens (primary N) is 1. The van der Waals surface area contributed by atoms with E-state index in [1.807, 2.05) is 30.3 Å². The molecule has 4 aromatic rings. The molecule has 0 saturated carbocycles. The van der Waals surface area contributed by atoms with Gasteiger partial charge in [-0.05, 0) is 29.1 Å². The first kappa shape index (κ1) is 19.4. The normalized spacial score (nSPS) is 11.4. The lowest BCUT2D eigenvalue weighted by Gasteiger charge is -2.12. The van der Waals surface area contributed by atoms with E-state index in [-0.39, 0.29) is 12.5 Å². The molecule has 4 rings (SSSR count). The molecule has 9 heteroatoms. The second-order valence-electron chi connectivity index (χ2n) is 6.55. The summed E-state index contributed by atoms with van der Waals surface area (Å²) in [6.07, 6.45) is -2.71. The van der Waals surface area contributed by atoms with Crippen molar-refractivity contribution in [3.63, 3.8) is 0 Å². The fraction of sp³-hybridized carbons (Fsp3) is 0.0952. The summed E-state index contributed by atoms with van der Waals surface area (Å²) in [6, 6.07) is 16.4. The van der Waals surface area contributed by atoms with E-state index in [1.54, 1.807) is 18.3 Å². The number of nitrogen functional groups attached to an aromatic ring is 1. The summed E-state index contributed by atoms with van der Waals surface area (Å²) < 4.78 is 38.6. The van der Waals surface area contributed by atoms with E-state index in [1.165, 1.54) is 6.07 Å². The zero-order valence-electron chi connectivity index (χ0n) is 15.6. The van der Waals surface area contributed by atoms with E-state index < -0.39 is 11.7 Å². The van der Waals surface area contributed by atoms with Crippen molar-refractivity contribution < 1.29 is 13.2 Å². The van der Waals surface area contributed by atoms with E-state index in [4.69, 9.17) is 5.73 Å². The molecule has 0 radical (unpaired) electrons. The zero-order chi connectivity index (χ0) is 21.1. The lowest BCUT2D eigenvalue weighted by Crippen LogP contribution is -2.09. The Kier molecular flexibility index (Phi) is 5.09. The first-order valence-electron chi connectivity index (χ1n) is 9.04. The highest BCUT2D eigenvalue weighted by Gasteiger charge is 2.30. The number of nitrogens with one attached hydrogen (secondary N) is 2. The second kappa shape index (κ2) is 7.86. The summed E-state index contributed by atoms with van der Waals surface area (Å²) in [5, 5.41) is 8.04. The molecule has 2 aromatic heterocycles. The Balaban J connectivity index is 1.54. The molecule has 30 heavy (non-hydrogen) atoms. The molecule has 152 valence electrons. The maximum Gasteiger partial charge on any atom is 0.416 e. The van der Waals surface area contributed by atoms with Crippen LogP contribution in [0.5, 0.6) is 0 Å². The molecule has 0 atom stereocenters. The number of anilines is 4. The quantitative estimate of drug-likeness (QED) is 0.430. The van der Waals surface area contributed by atoms with Crippen molar-refractivity contribution in [2.75, 3.05) is 16.4 Å². The Morgan fingerprint density at radius 1 is 0.900 bits per heavy atom. The molecule has 0 amide bonds. The first-order chi connectivity index (χ1) is 14.4.